The van der Waals surface area contributed by atoms with Crippen molar-refractivity contribution in [3.63, 3.8) is 0 Å². The third-order valence-electron chi connectivity index (χ3n) is 3.54. The highest BCUT2D eigenvalue weighted by atomic mass is 19.4. The first-order chi connectivity index (χ1) is 10.3. The lowest BCUT2D eigenvalue weighted by atomic mass is 9.96. The smallest absolute Gasteiger partial charge is 0.394 e. The zero-order chi connectivity index (χ0) is 16.5. The number of carbonyl (C=O) groups excluding carboxylic acids is 1. The fourth-order valence-electron chi connectivity index (χ4n) is 2.44. The average molecular weight is 318 g/mol. The number of hydrogen-bond donors (Lipinski definition) is 1. The molecule has 0 aliphatic carbocycles. The van der Waals surface area contributed by atoms with Crippen molar-refractivity contribution in [1.82, 2.24) is 9.88 Å². The monoisotopic (exact) mass is 318 g/mol. The van der Waals surface area contributed by atoms with E-state index >= 15 is 0 Å². The Morgan fingerprint density at radius 1 is 1.41 bits per heavy atom. The number of alkyl halides is 3. The largest absolute Gasteiger partial charge is 0.481 e. The first kappa shape index (κ1) is 16.1. The van der Waals surface area contributed by atoms with E-state index in [1.807, 2.05) is 0 Å². The van der Waals surface area contributed by atoms with Crippen LogP contribution in [0.2, 0.25) is 0 Å². The number of amides is 1. The van der Waals surface area contributed by atoms with Gasteiger partial charge < -0.3 is 14.7 Å². The quantitative estimate of drug-likeness (QED) is 0.912. The summed E-state index contributed by atoms with van der Waals surface area (Å²) >= 11 is 0. The van der Waals surface area contributed by atoms with Crippen molar-refractivity contribution in [2.45, 2.75) is 6.18 Å². The van der Waals surface area contributed by atoms with Crippen LogP contribution >= 0.6 is 0 Å². The summed E-state index contributed by atoms with van der Waals surface area (Å²) in [6, 6.07) is 2.81. The predicted molar refractivity (Wildman–Crippen MR) is 67.4 cm³/mol. The molecule has 9 heteroatoms. The number of methoxy groups -OCH3 is 1. The molecule has 0 saturated carbocycles. The van der Waals surface area contributed by atoms with E-state index in [2.05, 4.69) is 4.98 Å². The van der Waals surface area contributed by atoms with Gasteiger partial charge in [-0.3, -0.25) is 9.59 Å². The minimum atomic E-state index is -4.68. The number of aromatic nitrogens is 1. The second-order valence-corrected chi connectivity index (χ2v) is 4.86. The molecule has 0 bridgehead atoms. The maximum absolute atomic E-state index is 12.9. The van der Waals surface area contributed by atoms with E-state index in [-0.39, 0.29) is 11.4 Å². The highest BCUT2D eigenvalue weighted by Gasteiger charge is 2.53. The lowest BCUT2D eigenvalue weighted by molar-refractivity contribution is -0.187. The topological polar surface area (TPSA) is 79.7 Å². The molecule has 2 heterocycles. The number of likely N-dealkylation sites (tertiary alicyclic amines) is 1. The summed E-state index contributed by atoms with van der Waals surface area (Å²) in [6.07, 6.45) is -3.31. The molecule has 0 spiro atoms. The van der Waals surface area contributed by atoms with Gasteiger partial charge in [-0.2, -0.15) is 13.2 Å². The number of ether oxygens (including phenoxy) is 1. The van der Waals surface area contributed by atoms with Crippen LogP contribution in [0.1, 0.15) is 10.4 Å². The van der Waals surface area contributed by atoms with Gasteiger partial charge in [0.25, 0.3) is 5.91 Å². The van der Waals surface area contributed by atoms with Gasteiger partial charge in [0.2, 0.25) is 5.88 Å². The maximum atomic E-state index is 12.9. The van der Waals surface area contributed by atoms with E-state index in [0.717, 1.165) is 4.90 Å². The molecule has 1 aliphatic heterocycles. The zero-order valence-electron chi connectivity index (χ0n) is 11.5. The van der Waals surface area contributed by atoms with Gasteiger partial charge in [-0.25, -0.2) is 4.98 Å². The summed E-state index contributed by atoms with van der Waals surface area (Å²) in [6.45, 7) is -1.20. The first-order valence-electron chi connectivity index (χ1n) is 6.33. The van der Waals surface area contributed by atoms with Crippen molar-refractivity contribution in [3.05, 3.63) is 23.9 Å². The number of hydrogen-bond acceptors (Lipinski definition) is 4. The SMILES string of the molecule is COc1ncccc1C(=O)N1C[C@@H](C(F)(F)F)[C@H](C(=O)O)C1. The highest BCUT2D eigenvalue weighted by Crippen LogP contribution is 2.38. The number of carboxylic acids is 1. The van der Waals surface area contributed by atoms with Crippen LogP contribution in [0.3, 0.4) is 0 Å². The van der Waals surface area contributed by atoms with E-state index < -0.39 is 43.0 Å². The van der Waals surface area contributed by atoms with Crippen LogP contribution in [0, 0.1) is 11.8 Å². The molecule has 2 atom stereocenters. The van der Waals surface area contributed by atoms with Gasteiger partial charge in [0.15, 0.2) is 0 Å². The normalized spacial score (nSPS) is 21.7. The molecule has 22 heavy (non-hydrogen) atoms. The van der Waals surface area contributed by atoms with Crippen molar-refractivity contribution < 1.29 is 32.6 Å². The molecule has 1 amide bonds. The molecule has 1 aliphatic rings. The Morgan fingerprint density at radius 2 is 2.09 bits per heavy atom. The van der Waals surface area contributed by atoms with Gasteiger partial charge in [0.05, 0.1) is 18.9 Å². The number of halogens is 3. The van der Waals surface area contributed by atoms with Crippen LogP contribution in [0.15, 0.2) is 18.3 Å². The lowest BCUT2D eigenvalue weighted by Gasteiger charge is -2.18. The van der Waals surface area contributed by atoms with Crippen molar-refractivity contribution in [3.8, 4) is 5.88 Å². The number of rotatable bonds is 3. The summed E-state index contributed by atoms with van der Waals surface area (Å²) in [5.41, 5.74) is -0.00281. The minimum absolute atomic E-state index is 0.00281. The maximum Gasteiger partial charge on any atom is 0.394 e. The standard InChI is InChI=1S/C13H13F3N2O4/c1-22-10-7(3-2-4-17-10)11(19)18-5-8(12(20)21)9(6-18)13(14,15)16/h2-4,8-9H,5-6H2,1H3,(H,20,21)/t8-,9-/m1/s1. The van der Waals surface area contributed by atoms with E-state index in [4.69, 9.17) is 9.84 Å². The predicted octanol–water partition coefficient (Wildman–Crippen LogP) is 1.43. The van der Waals surface area contributed by atoms with E-state index in [1.54, 1.807) is 0 Å². The van der Waals surface area contributed by atoms with Gasteiger partial charge in [-0.1, -0.05) is 0 Å². The van der Waals surface area contributed by atoms with E-state index in [9.17, 15) is 22.8 Å². The zero-order valence-corrected chi connectivity index (χ0v) is 11.5. The summed E-state index contributed by atoms with van der Waals surface area (Å²) in [5.74, 6) is -6.09. The molecule has 0 aromatic carbocycles. The van der Waals surface area contributed by atoms with Crippen molar-refractivity contribution in [2.24, 2.45) is 11.8 Å². The van der Waals surface area contributed by atoms with Gasteiger partial charge in [-0.15, -0.1) is 0 Å². The number of aliphatic carboxylic acids is 1. The third-order valence-corrected chi connectivity index (χ3v) is 3.54. The molecule has 1 saturated heterocycles. The Morgan fingerprint density at radius 3 is 2.59 bits per heavy atom. The Hall–Kier alpha value is -2.32. The van der Waals surface area contributed by atoms with Crippen LogP contribution in [0.5, 0.6) is 5.88 Å². The second kappa shape index (κ2) is 5.82. The van der Waals surface area contributed by atoms with Crippen LogP contribution in [-0.2, 0) is 4.79 Å². The van der Waals surface area contributed by atoms with Crippen LogP contribution < -0.4 is 4.74 Å². The Kier molecular flexibility index (Phi) is 4.25. The number of carbonyl (C=O) groups is 2. The van der Waals surface area contributed by atoms with Gasteiger partial charge >= 0.3 is 12.1 Å². The van der Waals surface area contributed by atoms with E-state index in [1.165, 1.54) is 25.4 Å². The Labute approximate surface area is 123 Å². The molecular formula is C13H13F3N2O4. The number of nitrogens with zero attached hydrogens (tertiary/aromatic N) is 2. The second-order valence-electron chi connectivity index (χ2n) is 4.86. The van der Waals surface area contributed by atoms with Gasteiger partial charge in [0.1, 0.15) is 5.56 Å². The fraction of sp³-hybridized carbons (Fsp3) is 0.462. The molecule has 1 aromatic heterocycles. The lowest BCUT2D eigenvalue weighted by Crippen LogP contribution is -2.34. The Balaban J connectivity index is 2.27. The average Bonchev–Trinajstić information content (AvgIpc) is 2.92. The molecular weight excluding hydrogens is 305 g/mol. The van der Waals surface area contributed by atoms with Gasteiger partial charge in [0, 0.05) is 19.3 Å². The molecule has 1 N–H and O–H groups in total. The fourth-order valence-corrected chi connectivity index (χ4v) is 2.44. The first-order valence-corrected chi connectivity index (χ1v) is 6.33. The molecule has 120 valence electrons. The summed E-state index contributed by atoms with van der Waals surface area (Å²) in [4.78, 5) is 28.0. The highest BCUT2D eigenvalue weighted by molar-refractivity contribution is 5.97. The van der Waals surface area contributed by atoms with Gasteiger partial charge in [-0.05, 0) is 12.1 Å². The van der Waals surface area contributed by atoms with Crippen LogP contribution in [0.4, 0.5) is 13.2 Å². The number of carboxylic acid groups (broad SMARTS) is 1. The summed E-state index contributed by atoms with van der Waals surface area (Å²) in [5, 5.41) is 8.94. The van der Waals surface area contributed by atoms with Crippen LogP contribution in [0.25, 0.3) is 0 Å². The van der Waals surface area contributed by atoms with E-state index in [0.29, 0.717) is 0 Å². The molecule has 1 fully saturated rings. The van der Waals surface area contributed by atoms with Crippen molar-refractivity contribution in [2.75, 3.05) is 20.2 Å². The van der Waals surface area contributed by atoms with Crippen molar-refractivity contribution in [1.29, 1.82) is 0 Å². The Bertz CT molecular complexity index is 591. The molecule has 0 radical (unpaired) electrons. The summed E-state index contributed by atoms with van der Waals surface area (Å²) < 4.78 is 43.6. The summed E-state index contributed by atoms with van der Waals surface area (Å²) in [7, 11) is 1.28. The minimum Gasteiger partial charge on any atom is -0.481 e. The number of pyridine rings is 1. The molecule has 1 aromatic rings. The molecule has 0 unspecified atom stereocenters. The third kappa shape index (κ3) is 2.97. The molecule has 2 rings (SSSR count). The van der Waals surface area contributed by atoms with Crippen LogP contribution in [-0.4, -0.2) is 53.2 Å². The molecule has 6 nitrogen and oxygen atoms in total. The van der Waals surface area contributed by atoms with Crippen molar-refractivity contribution >= 4 is 11.9 Å².